The second kappa shape index (κ2) is 10.8. The second-order valence-electron chi connectivity index (χ2n) is 11.3. The minimum atomic E-state index is 1.03. The smallest absolute Gasteiger partial charge is 0.0462 e. The van der Waals surface area contributed by atoms with Crippen molar-refractivity contribution in [1.82, 2.24) is 0 Å². The van der Waals surface area contributed by atoms with Crippen molar-refractivity contribution in [3.05, 3.63) is 173 Å². The zero-order valence-corrected chi connectivity index (χ0v) is 23.9. The van der Waals surface area contributed by atoms with E-state index in [9.17, 15) is 0 Å². The Hall–Kier alpha value is -5.40. The molecule has 0 aliphatic heterocycles. The summed E-state index contributed by atoms with van der Waals surface area (Å²) in [6.45, 7) is 0. The maximum absolute atomic E-state index is 2.42. The van der Waals surface area contributed by atoms with E-state index in [2.05, 4.69) is 169 Å². The van der Waals surface area contributed by atoms with Gasteiger partial charge in [0.25, 0.3) is 0 Å². The van der Waals surface area contributed by atoms with Crippen molar-refractivity contribution in [1.29, 1.82) is 0 Å². The number of para-hydroxylation sites is 2. The summed E-state index contributed by atoms with van der Waals surface area (Å²) in [6, 6.07) is 48.0. The van der Waals surface area contributed by atoms with Crippen LogP contribution in [0.1, 0.15) is 34.2 Å². The van der Waals surface area contributed by atoms with Gasteiger partial charge in [0.15, 0.2) is 0 Å². The van der Waals surface area contributed by atoms with Crippen molar-refractivity contribution in [2.75, 3.05) is 4.90 Å². The van der Waals surface area contributed by atoms with Gasteiger partial charge in [-0.25, -0.2) is 0 Å². The maximum atomic E-state index is 2.42. The molecule has 1 nitrogen and oxygen atoms in total. The third-order valence-electron chi connectivity index (χ3n) is 8.69. The van der Waals surface area contributed by atoms with Crippen molar-refractivity contribution >= 4 is 51.6 Å². The summed E-state index contributed by atoms with van der Waals surface area (Å²) < 4.78 is 0. The van der Waals surface area contributed by atoms with E-state index in [1.165, 1.54) is 55.3 Å². The molecule has 1 heteroatoms. The first-order valence-electron chi connectivity index (χ1n) is 15.1. The Morgan fingerprint density at radius 1 is 0.535 bits per heavy atom. The Kier molecular flexibility index (Phi) is 6.35. The van der Waals surface area contributed by atoms with Gasteiger partial charge in [0, 0.05) is 17.1 Å². The molecule has 0 heterocycles. The lowest BCUT2D eigenvalue weighted by molar-refractivity contribution is 1.23. The predicted molar refractivity (Wildman–Crippen MR) is 185 cm³/mol. The number of hydrogen-bond donors (Lipinski definition) is 0. The normalized spacial score (nSPS) is 13.3. The summed E-state index contributed by atoms with van der Waals surface area (Å²) in [6.07, 6.45) is 13.4. The molecule has 6 aromatic rings. The van der Waals surface area contributed by atoms with Crippen LogP contribution in [0.4, 0.5) is 17.1 Å². The molecule has 0 saturated carbocycles. The van der Waals surface area contributed by atoms with Crippen LogP contribution < -0.4 is 4.90 Å². The summed E-state index contributed by atoms with van der Waals surface area (Å²) >= 11 is 0. The van der Waals surface area contributed by atoms with Crippen LogP contribution in [0.15, 0.2) is 146 Å². The fourth-order valence-electron chi connectivity index (χ4n) is 6.58. The molecule has 0 saturated heterocycles. The predicted octanol–water partition coefficient (Wildman–Crippen LogP) is 11.5. The standard InChI is InChI=1S/C42H31N/c1-3-10-36(11-4-1)43(37-12-5-2-6-13-37)38-26-18-31(19-27-38)15-14-30-16-20-32(21-17-30)39-28-24-35-23-22-33-8-7-9-34-25-29-40(39)42(35)41(33)34/h1-7,9-22,24-29H,8,23H2/b15-14+. The molecule has 0 spiro atoms. The first-order chi connectivity index (χ1) is 21.3. The molecule has 0 atom stereocenters. The summed E-state index contributed by atoms with van der Waals surface area (Å²) in [7, 11) is 0. The molecule has 0 unspecified atom stereocenters. The van der Waals surface area contributed by atoms with Crippen LogP contribution in [0.25, 0.3) is 45.7 Å². The van der Waals surface area contributed by atoms with Crippen molar-refractivity contribution in [2.24, 2.45) is 0 Å². The molecule has 0 radical (unpaired) electrons. The van der Waals surface area contributed by atoms with E-state index in [-0.39, 0.29) is 0 Å². The molecule has 8 rings (SSSR count). The van der Waals surface area contributed by atoms with Crippen molar-refractivity contribution < 1.29 is 0 Å². The molecular formula is C42H31N. The van der Waals surface area contributed by atoms with Gasteiger partial charge < -0.3 is 4.90 Å². The number of nitrogens with zero attached hydrogens (tertiary/aromatic N) is 1. The topological polar surface area (TPSA) is 3.24 Å². The van der Waals surface area contributed by atoms with Gasteiger partial charge in [-0.15, -0.1) is 0 Å². The van der Waals surface area contributed by atoms with Crippen molar-refractivity contribution in [3.8, 4) is 11.1 Å². The Labute approximate surface area is 253 Å². The molecule has 43 heavy (non-hydrogen) atoms. The van der Waals surface area contributed by atoms with Gasteiger partial charge in [0.05, 0.1) is 0 Å². The molecule has 0 N–H and O–H groups in total. The van der Waals surface area contributed by atoms with E-state index in [4.69, 9.17) is 0 Å². The van der Waals surface area contributed by atoms with Gasteiger partial charge in [0.2, 0.25) is 0 Å². The van der Waals surface area contributed by atoms with Crippen LogP contribution in [-0.4, -0.2) is 0 Å². The van der Waals surface area contributed by atoms with E-state index in [0.717, 1.165) is 29.9 Å². The van der Waals surface area contributed by atoms with Gasteiger partial charge in [-0.05, 0) is 105 Å². The highest BCUT2D eigenvalue weighted by Crippen LogP contribution is 2.43. The van der Waals surface area contributed by atoms with E-state index >= 15 is 0 Å². The fraction of sp³-hybridized carbons (Fsp3) is 0.0476. The first-order valence-corrected chi connectivity index (χ1v) is 15.1. The van der Waals surface area contributed by atoms with E-state index in [0.29, 0.717) is 0 Å². The van der Waals surface area contributed by atoms with Crippen LogP contribution in [0.2, 0.25) is 0 Å². The van der Waals surface area contributed by atoms with Gasteiger partial charge in [-0.2, -0.15) is 0 Å². The van der Waals surface area contributed by atoms with Crippen molar-refractivity contribution in [2.45, 2.75) is 12.8 Å². The SMILES string of the molecule is C1=Cc2ccc3c(-c4ccc(/C=C/c5ccc(N(c6ccccc6)c6ccccc6)cc5)cc4)ccc4c3c2C(=CC4)C1. The zero-order chi connectivity index (χ0) is 28.6. The quantitative estimate of drug-likeness (QED) is 0.187. The van der Waals surface area contributed by atoms with E-state index in [1.54, 1.807) is 0 Å². The zero-order valence-electron chi connectivity index (χ0n) is 23.9. The van der Waals surface area contributed by atoms with Gasteiger partial charge in [0.1, 0.15) is 0 Å². The molecule has 0 amide bonds. The summed E-state index contributed by atoms with van der Waals surface area (Å²) in [4.78, 5) is 2.29. The number of benzene rings is 6. The lowest BCUT2D eigenvalue weighted by Crippen LogP contribution is -2.09. The van der Waals surface area contributed by atoms with E-state index in [1.807, 2.05) is 0 Å². The lowest BCUT2D eigenvalue weighted by Gasteiger charge is -2.25. The lowest BCUT2D eigenvalue weighted by atomic mass is 9.80. The van der Waals surface area contributed by atoms with Crippen LogP contribution >= 0.6 is 0 Å². The molecule has 0 bridgehead atoms. The highest BCUT2D eigenvalue weighted by atomic mass is 15.1. The number of anilines is 3. The van der Waals surface area contributed by atoms with Gasteiger partial charge in [-0.3, -0.25) is 0 Å². The Morgan fingerprint density at radius 3 is 1.84 bits per heavy atom. The molecule has 2 aliphatic rings. The summed E-state index contributed by atoms with van der Waals surface area (Å²) in [5, 5.41) is 2.81. The number of rotatable bonds is 6. The molecular weight excluding hydrogens is 518 g/mol. The Bertz CT molecular complexity index is 1990. The number of allylic oxidation sites excluding steroid dienone is 3. The van der Waals surface area contributed by atoms with Crippen LogP contribution in [0, 0.1) is 0 Å². The largest absolute Gasteiger partial charge is 0.311 e. The molecule has 2 aliphatic carbocycles. The minimum Gasteiger partial charge on any atom is -0.311 e. The molecule has 0 aromatic heterocycles. The monoisotopic (exact) mass is 549 g/mol. The Morgan fingerprint density at radius 2 is 1.16 bits per heavy atom. The maximum Gasteiger partial charge on any atom is 0.0462 e. The highest BCUT2D eigenvalue weighted by Gasteiger charge is 2.21. The molecule has 204 valence electrons. The van der Waals surface area contributed by atoms with Gasteiger partial charge in [-0.1, -0.05) is 127 Å². The van der Waals surface area contributed by atoms with Crippen LogP contribution in [0.3, 0.4) is 0 Å². The number of hydrogen-bond acceptors (Lipinski definition) is 1. The van der Waals surface area contributed by atoms with Crippen LogP contribution in [0.5, 0.6) is 0 Å². The van der Waals surface area contributed by atoms with Crippen molar-refractivity contribution in [3.63, 3.8) is 0 Å². The third-order valence-corrected chi connectivity index (χ3v) is 8.69. The minimum absolute atomic E-state index is 1.03. The van der Waals surface area contributed by atoms with E-state index < -0.39 is 0 Å². The average Bonchev–Trinajstić information content (AvgIpc) is 3.08. The molecule has 0 fully saturated rings. The highest BCUT2D eigenvalue weighted by molar-refractivity contribution is 6.08. The average molecular weight is 550 g/mol. The third kappa shape index (κ3) is 4.70. The Balaban J connectivity index is 1.05. The van der Waals surface area contributed by atoms with Crippen LogP contribution in [-0.2, 0) is 6.42 Å². The van der Waals surface area contributed by atoms with Gasteiger partial charge >= 0.3 is 0 Å². The summed E-state index contributed by atoms with van der Waals surface area (Å²) in [5.74, 6) is 0. The fourth-order valence-corrected chi connectivity index (χ4v) is 6.58. The molecule has 6 aromatic carbocycles. The first kappa shape index (κ1) is 25.3. The second-order valence-corrected chi connectivity index (χ2v) is 11.3. The summed E-state index contributed by atoms with van der Waals surface area (Å²) in [5.41, 5.74) is 14.1.